The van der Waals surface area contributed by atoms with E-state index < -0.39 is 22.6 Å². The summed E-state index contributed by atoms with van der Waals surface area (Å²) < 4.78 is 43.5. The molecule has 1 rings (SSSR count). The van der Waals surface area contributed by atoms with Crippen LogP contribution in [0.5, 0.6) is 0 Å². The van der Waals surface area contributed by atoms with Crippen molar-refractivity contribution in [1.29, 1.82) is 0 Å². The predicted octanol–water partition coefficient (Wildman–Crippen LogP) is 4.16. The average molecular weight is 322 g/mol. The molecule has 1 unspecified atom stereocenters. The molecule has 18 heavy (non-hydrogen) atoms. The van der Waals surface area contributed by atoms with Crippen LogP contribution in [0.1, 0.15) is 5.56 Å². The van der Waals surface area contributed by atoms with Crippen LogP contribution in [-0.2, 0) is 15.1 Å². The monoisotopic (exact) mass is 320 g/mol. The molecule has 0 fully saturated rings. The lowest BCUT2D eigenvalue weighted by atomic mass is 9.94. The van der Waals surface area contributed by atoms with Gasteiger partial charge in [0.15, 0.2) is 0 Å². The quantitative estimate of drug-likeness (QED) is 0.781. The minimum Gasteiger partial charge on any atom is -0.357 e. The van der Waals surface area contributed by atoms with Crippen LogP contribution in [0.15, 0.2) is 18.2 Å². The van der Waals surface area contributed by atoms with Crippen molar-refractivity contribution in [3.63, 3.8) is 0 Å². The maximum atomic E-state index is 13.1. The zero-order valence-electron chi connectivity index (χ0n) is 8.82. The van der Waals surface area contributed by atoms with Gasteiger partial charge in [-0.2, -0.15) is 13.2 Å². The Morgan fingerprint density at radius 1 is 1.17 bits per heavy atom. The van der Waals surface area contributed by atoms with Crippen molar-refractivity contribution >= 4 is 40.0 Å². The molecule has 0 N–H and O–H groups in total. The molecule has 8 heteroatoms. The van der Waals surface area contributed by atoms with Crippen LogP contribution < -0.4 is 0 Å². The number of rotatable bonds is 3. The highest BCUT2D eigenvalue weighted by Crippen LogP contribution is 2.44. The number of ether oxygens (including phenoxy) is 1. The molecule has 1 atom stereocenters. The van der Waals surface area contributed by atoms with Crippen LogP contribution in [0.4, 0.5) is 13.2 Å². The van der Waals surface area contributed by atoms with Crippen molar-refractivity contribution in [2.75, 3.05) is 7.11 Å². The molecular weight excluding hydrogens is 315 g/mol. The van der Waals surface area contributed by atoms with E-state index in [0.29, 0.717) is 0 Å². The van der Waals surface area contributed by atoms with Crippen LogP contribution in [0.3, 0.4) is 0 Å². The second-order valence-corrected chi connectivity index (χ2v) is 4.53. The lowest BCUT2D eigenvalue weighted by Gasteiger charge is -2.31. The molecule has 0 saturated heterocycles. The first-order valence-electron chi connectivity index (χ1n) is 4.43. The van der Waals surface area contributed by atoms with Crippen molar-refractivity contribution in [2.45, 2.75) is 11.8 Å². The number of hydrogen-bond acceptors (Lipinski definition) is 2. The molecule has 0 aromatic heterocycles. The zero-order valence-corrected chi connectivity index (χ0v) is 11.1. The number of methoxy groups -OCH3 is 1. The Bertz CT molecular complexity index is 456. The van der Waals surface area contributed by atoms with Crippen LogP contribution in [0.2, 0.25) is 10.0 Å². The fraction of sp³-hybridized carbons (Fsp3) is 0.300. The van der Waals surface area contributed by atoms with Crippen LogP contribution in [0, 0.1) is 0 Å². The van der Waals surface area contributed by atoms with E-state index >= 15 is 0 Å². The Labute approximate surface area is 116 Å². The topological polar surface area (TPSA) is 26.3 Å². The van der Waals surface area contributed by atoms with E-state index in [1.807, 2.05) is 0 Å². The summed E-state index contributed by atoms with van der Waals surface area (Å²) in [5, 5.41) is -1.86. The number of carbonyl (C=O) groups is 1. The van der Waals surface area contributed by atoms with E-state index in [4.69, 9.17) is 34.8 Å². The summed E-state index contributed by atoms with van der Waals surface area (Å²) in [7, 11) is 0.725. The standard InChI is InChI=1S/C10H6Cl3F3O2/c1-18-9(8(13)17,10(14,15)16)5-2-6(11)4-7(12)3-5/h2-4H,1H3. The van der Waals surface area contributed by atoms with Crippen LogP contribution >= 0.6 is 34.8 Å². The summed E-state index contributed by atoms with van der Waals surface area (Å²) in [6.07, 6.45) is -5.05. The summed E-state index contributed by atoms with van der Waals surface area (Å²) in [4.78, 5) is 11.2. The summed E-state index contributed by atoms with van der Waals surface area (Å²) in [6, 6.07) is 3.07. The predicted molar refractivity (Wildman–Crippen MR) is 62.1 cm³/mol. The first kappa shape index (κ1) is 15.6. The molecular formula is C10H6Cl3F3O2. The molecule has 0 aliphatic rings. The highest BCUT2D eigenvalue weighted by atomic mass is 35.5. The minimum absolute atomic E-state index is 0.0684. The van der Waals surface area contributed by atoms with Gasteiger partial charge in [-0.3, -0.25) is 4.79 Å². The SMILES string of the molecule is COC(C(=O)Cl)(c1cc(Cl)cc(Cl)c1)C(F)(F)F. The van der Waals surface area contributed by atoms with Crippen molar-refractivity contribution in [1.82, 2.24) is 0 Å². The van der Waals surface area contributed by atoms with Gasteiger partial charge in [0.2, 0.25) is 0 Å². The summed E-state index contributed by atoms with van der Waals surface area (Å²) in [6.45, 7) is 0. The molecule has 0 amide bonds. The Morgan fingerprint density at radius 3 is 1.89 bits per heavy atom. The molecule has 0 spiro atoms. The Kier molecular flexibility index (Phi) is 4.54. The summed E-state index contributed by atoms with van der Waals surface area (Å²) >= 11 is 16.3. The summed E-state index contributed by atoms with van der Waals surface area (Å²) in [5.74, 6) is 0. The number of halogens is 6. The highest BCUT2D eigenvalue weighted by Gasteiger charge is 2.62. The third-order valence-electron chi connectivity index (χ3n) is 2.25. The number of carbonyl (C=O) groups excluding carboxylic acids is 1. The zero-order chi connectivity index (χ0) is 14.1. The molecule has 0 heterocycles. The molecule has 1 aromatic rings. The van der Waals surface area contributed by atoms with E-state index in [9.17, 15) is 18.0 Å². The van der Waals surface area contributed by atoms with Gasteiger partial charge in [0, 0.05) is 22.7 Å². The first-order chi connectivity index (χ1) is 8.15. The fourth-order valence-electron chi connectivity index (χ4n) is 1.46. The van der Waals surface area contributed by atoms with Crippen molar-refractivity contribution < 1.29 is 22.7 Å². The second-order valence-electron chi connectivity index (χ2n) is 3.31. The maximum absolute atomic E-state index is 13.1. The maximum Gasteiger partial charge on any atom is 0.430 e. The van der Waals surface area contributed by atoms with Crippen molar-refractivity contribution in [3.05, 3.63) is 33.8 Å². The van der Waals surface area contributed by atoms with Gasteiger partial charge in [0.05, 0.1) is 0 Å². The lowest BCUT2D eigenvalue weighted by molar-refractivity contribution is -0.260. The van der Waals surface area contributed by atoms with E-state index in [1.165, 1.54) is 6.07 Å². The molecule has 100 valence electrons. The van der Waals surface area contributed by atoms with Crippen molar-refractivity contribution in [2.24, 2.45) is 0 Å². The number of alkyl halides is 3. The van der Waals surface area contributed by atoms with Gasteiger partial charge in [0.25, 0.3) is 10.8 Å². The van der Waals surface area contributed by atoms with Gasteiger partial charge >= 0.3 is 6.18 Å². The van der Waals surface area contributed by atoms with E-state index in [1.54, 1.807) is 0 Å². The fourth-order valence-corrected chi connectivity index (χ4v) is 2.28. The van der Waals surface area contributed by atoms with E-state index in [0.717, 1.165) is 19.2 Å². The molecule has 0 aliphatic heterocycles. The molecule has 1 aromatic carbocycles. The van der Waals surface area contributed by atoms with Gasteiger partial charge in [-0.15, -0.1) is 0 Å². The van der Waals surface area contributed by atoms with E-state index in [-0.39, 0.29) is 10.0 Å². The van der Waals surface area contributed by atoms with Crippen molar-refractivity contribution in [3.8, 4) is 0 Å². The van der Waals surface area contributed by atoms with Gasteiger partial charge in [0.1, 0.15) is 0 Å². The molecule has 0 bridgehead atoms. The number of hydrogen-bond donors (Lipinski definition) is 0. The van der Waals surface area contributed by atoms with Gasteiger partial charge in [-0.25, -0.2) is 0 Å². The Hall–Kier alpha value is -0.490. The third kappa shape index (κ3) is 2.59. The highest BCUT2D eigenvalue weighted by molar-refractivity contribution is 6.65. The van der Waals surface area contributed by atoms with Crippen LogP contribution in [-0.4, -0.2) is 18.5 Å². The minimum atomic E-state index is -5.05. The summed E-state index contributed by atoms with van der Waals surface area (Å²) in [5.41, 5.74) is -3.86. The Morgan fingerprint density at radius 2 is 1.61 bits per heavy atom. The smallest absolute Gasteiger partial charge is 0.357 e. The van der Waals surface area contributed by atoms with E-state index in [2.05, 4.69) is 4.74 Å². The average Bonchev–Trinajstić information content (AvgIpc) is 2.14. The normalized spacial score (nSPS) is 15.3. The van der Waals surface area contributed by atoms with Gasteiger partial charge in [-0.1, -0.05) is 23.2 Å². The third-order valence-corrected chi connectivity index (χ3v) is 2.95. The molecule has 0 radical (unpaired) electrons. The molecule has 2 nitrogen and oxygen atoms in total. The first-order valence-corrected chi connectivity index (χ1v) is 5.57. The second kappa shape index (κ2) is 5.25. The molecule has 0 aliphatic carbocycles. The van der Waals surface area contributed by atoms with Crippen LogP contribution in [0.25, 0.3) is 0 Å². The van der Waals surface area contributed by atoms with Gasteiger partial charge < -0.3 is 4.74 Å². The largest absolute Gasteiger partial charge is 0.430 e. The van der Waals surface area contributed by atoms with Gasteiger partial charge in [-0.05, 0) is 29.8 Å². The molecule has 0 saturated carbocycles. The number of benzene rings is 1. The Balaban J connectivity index is 3.58. The lowest BCUT2D eigenvalue weighted by Crippen LogP contribution is -2.49.